The molecule has 0 saturated heterocycles. The number of halogens is 1. The number of hydrogen-bond acceptors (Lipinski definition) is 3. The van der Waals surface area contributed by atoms with E-state index in [1.165, 1.54) is 16.2 Å². The molecule has 1 aliphatic carbocycles. The van der Waals surface area contributed by atoms with Gasteiger partial charge in [-0.25, -0.2) is 0 Å². The van der Waals surface area contributed by atoms with Crippen LogP contribution in [0.5, 0.6) is 0 Å². The fourth-order valence-electron chi connectivity index (χ4n) is 3.25. The van der Waals surface area contributed by atoms with Crippen molar-refractivity contribution in [3.63, 3.8) is 0 Å². The molecule has 1 aliphatic rings. The molecule has 2 N–H and O–H groups in total. The third-order valence-corrected chi connectivity index (χ3v) is 5.94. The Labute approximate surface area is 166 Å². The van der Waals surface area contributed by atoms with Gasteiger partial charge in [0.15, 0.2) is 0 Å². The molecular weight excluding hydrogens is 380 g/mol. The van der Waals surface area contributed by atoms with Crippen LogP contribution < -0.4 is 10.6 Å². The van der Waals surface area contributed by atoms with Gasteiger partial charge in [-0.15, -0.1) is 11.3 Å². The fraction of sp³-hybridized carbons (Fsp3) is 0.143. The molecule has 0 spiro atoms. The fourth-order valence-corrected chi connectivity index (χ4v) is 4.72. The van der Waals surface area contributed by atoms with Crippen LogP contribution in [-0.2, 0) is 12.8 Å². The Hall–Kier alpha value is -2.63. The third-order valence-electron chi connectivity index (χ3n) is 4.49. The minimum Gasteiger partial charge on any atom is -0.322 e. The molecule has 4 nitrogen and oxygen atoms in total. The first-order valence-electron chi connectivity index (χ1n) is 8.69. The largest absolute Gasteiger partial charge is 0.322 e. The van der Waals surface area contributed by atoms with Gasteiger partial charge in [0.05, 0.1) is 5.56 Å². The Morgan fingerprint density at radius 2 is 1.74 bits per heavy atom. The van der Waals surface area contributed by atoms with E-state index in [0.29, 0.717) is 21.2 Å². The highest BCUT2D eigenvalue weighted by molar-refractivity contribution is 7.17. The molecular formula is C21H17ClN2O2S. The minimum absolute atomic E-state index is 0.193. The van der Waals surface area contributed by atoms with Crippen molar-refractivity contribution in [3.8, 4) is 0 Å². The first kappa shape index (κ1) is 17.8. The van der Waals surface area contributed by atoms with Crippen molar-refractivity contribution >= 4 is 45.4 Å². The number of rotatable bonds is 4. The van der Waals surface area contributed by atoms with Gasteiger partial charge < -0.3 is 10.6 Å². The van der Waals surface area contributed by atoms with Crippen molar-refractivity contribution < 1.29 is 9.59 Å². The molecule has 1 aromatic heterocycles. The minimum atomic E-state index is -0.272. The van der Waals surface area contributed by atoms with E-state index < -0.39 is 0 Å². The van der Waals surface area contributed by atoms with Gasteiger partial charge in [-0.05, 0) is 55.2 Å². The van der Waals surface area contributed by atoms with E-state index in [9.17, 15) is 9.59 Å². The summed E-state index contributed by atoms with van der Waals surface area (Å²) in [4.78, 5) is 26.8. The van der Waals surface area contributed by atoms with Gasteiger partial charge >= 0.3 is 0 Å². The zero-order chi connectivity index (χ0) is 18.8. The predicted octanol–water partition coefficient (Wildman–Crippen LogP) is 5.39. The van der Waals surface area contributed by atoms with Gasteiger partial charge in [0.25, 0.3) is 11.8 Å². The molecule has 0 unspecified atom stereocenters. The summed E-state index contributed by atoms with van der Waals surface area (Å²) < 4.78 is 0. The number of hydrogen-bond donors (Lipinski definition) is 2. The summed E-state index contributed by atoms with van der Waals surface area (Å²) in [5.41, 5.74) is 2.82. The Morgan fingerprint density at radius 3 is 2.52 bits per heavy atom. The summed E-state index contributed by atoms with van der Waals surface area (Å²) in [6.45, 7) is 0. The zero-order valence-electron chi connectivity index (χ0n) is 14.4. The summed E-state index contributed by atoms with van der Waals surface area (Å²) in [5, 5.41) is 6.94. The van der Waals surface area contributed by atoms with Crippen LogP contribution in [0.2, 0.25) is 5.02 Å². The van der Waals surface area contributed by atoms with Gasteiger partial charge in [-0.1, -0.05) is 35.9 Å². The molecule has 4 rings (SSSR count). The maximum atomic E-state index is 13.0. The van der Waals surface area contributed by atoms with Crippen LogP contribution in [0.3, 0.4) is 0 Å². The number of aryl methyl sites for hydroxylation is 1. The van der Waals surface area contributed by atoms with Crippen LogP contribution >= 0.6 is 22.9 Å². The van der Waals surface area contributed by atoms with Gasteiger partial charge in [0.1, 0.15) is 5.00 Å². The lowest BCUT2D eigenvalue weighted by molar-refractivity contribution is 0.102. The number of para-hydroxylation sites is 1. The van der Waals surface area contributed by atoms with Crippen molar-refractivity contribution in [2.45, 2.75) is 19.3 Å². The van der Waals surface area contributed by atoms with Crippen LogP contribution in [0.4, 0.5) is 10.7 Å². The second-order valence-corrected chi connectivity index (χ2v) is 7.89. The Morgan fingerprint density at radius 1 is 0.926 bits per heavy atom. The van der Waals surface area contributed by atoms with Crippen molar-refractivity contribution in [1.29, 1.82) is 0 Å². The highest BCUT2D eigenvalue weighted by Crippen LogP contribution is 2.39. The molecule has 2 aromatic carbocycles. The molecule has 3 aromatic rings. The van der Waals surface area contributed by atoms with Crippen molar-refractivity contribution in [3.05, 3.63) is 81.2 Å². The SMILES string of the molecule is O=C(Nc1sc2c(c1C(=O)Nc1ccccc1)CCC2)c1cccc(Cl)c1. The van der Waals surface area contributed by atoms with Crippen LogP contribution in [0.15, 0.2) is 54.6 Å². The van der Waals surface area contributed by atoms with E-state index in [1.807, 2.05) is 30.3 Å². The number of amides is 2. The first-order chi connectivity index (χ1) is 13.1. The summed E-state index contributed by atoms with van der Waals surface area (Å²) in [6.07, 6.45) is 2.84. The molecule has 0 radical (unpaired) electrons. The second kappa shape index (κ2) is 7.55. The molecule has 0 bridgehead atoms. The number of thiophene rings is 1. The molecule has 2 amide bonds. The maximum absolute atomic E-state index is 13.0. The lowest BCUT2D eigenvalue weighted by Gasteiger charge is -2.10. The normalized spacial score (nSPS) is 12.5. The van der Waals surface area contributed by atoms with Gasteiger partial charge in [-0.3, -0.25) is 9.59 Å². The van der Waals surface area contributed by atoms with E-state index >= 15 is 0 Å². The lowest BCUT2D eigenvalue weighted by atomic mass is 10.1. The van der Waals surface area contributed by atoms with Crippen molar-refractivity contribution in [2.75, 3.05) is 10.6 Å². The van der Waals surface area contributed by atoms with E-state index in [-0.39, 0.29) is 11.8 Å². The second-order valence-electron chi connectivity index (χ2n) is 6.35. The van der Waals surface area contributed by atoms with E-state index in [4.69, 9.17) is 11.6 Å². The number of carbonyl (C=O) groups excluding carboxylic acids is 2. The van der Waals surface area contributed by atoms with Gasteiger partial charge in [0, 0.05) is 21.2 Å². The van der Waals surface area contributed by atoms with Crippen molar-refractivity contribution in [2.24, 2.45) is 0 Å². The molecule has 0 saturated carbocycles. The summed E-state index contributed by atoms with van der Waals surface area (Å²) in [6, 6.07) is 16.1. The smallest absolute Gasteiger partial charge is 0.258 e. The molecule has 1 heterocycles. The molecule has 0 aliphatic heterocycles. The standard InChI is InChI=1S/C21H17ClN2O2S/c22-14-7-4-6-13(12-14)19(25)24-21-18(16-10-5-11-17(16)27-21)20(26)23-15-8-2-1-3-9-15/h1-4,6-9,12H,5,10-11H2,(H,23,26)(H,24,25). The van der Waals surface area contributed by atoms with E-state index in [0.717, 1.165) is 30.5 Å². The van der Waals surface area contributed by atoms with Gasteiger partial charge in [0.2, 0.25) is 0 Å². The average Bonchev–Trinajstić information content (AvgIpc) is 3.23. The predicted molar refractivity (Wildman–Crippen MR) is 110 cm³/mol. The van der Waals surface area contributed by atoms with Crippen molar-refractivity contribution in [1.82, 2.24) is 0 Å². The Bertz CT molecular complexity index is 1010. The van der Waals surface area contributed by atoms with Crippen LogP contribution in [0.1, 0.15) is 37.6 Å². The quantitative estimate of drug-likeness (QED) is 0.620. The maximum Gasteiger partial charge on any atom is 0.258 e. The highest BCUT2D eigenvalue weighted by atomic mass is 35.5. The molecule has 6 heteroatoms. The first-order valence-corrected chi connectivity index (χ1v) is 9.89. The number of anilines is 2. The molecule has 136 valence electrons. The van der Waals surface area contributed by atoms with Crippen LogP contribution in [0.25, 0.3) is 0 Å². The summed E-state index contributed by atoms with van der Waals surface area (Å²) in [7, 11) is 0. The number of benzene rings is 2. The topological polar surface area (TPSA) is 58.2 Å². The van der Waals surface area contributed by atoms with Gasteiger partial charge in [-0.2, -0.15) is 0 Å². The van der Waals surface area contributed by atoms with E-state index in [2.05, 4.69) is 10.6 Å². The Balaban J connectivity index is 1.63. The van der Waals surface area contributed by atoms with Crippen LogP contribution in [-0.4, -0.2) is 11.8 Å². The monoisotopic (exact) mass is 396 g/mol. The molecule has 0 fully saturated rings. The molecule has 27 heavy (non-hydrogen) atoms. The lowest BCUT2D eigenvalue weighted by Crippen LogP contribution is -2.18. The molecule has 0 atom stereocenters. The number of nitrogens with one attached hydrogen (secondary N) is 2. The third kappa shape index (κ3) is 3.75. The average molecular weight is 397 g/mol. The van der Waals surface area contributed by atoms with Crippen LogP contribution in [0, 0.1) is 0 Å². The summed E-state index contributed by atoms with van der Waals surface area (Å²) in [5.74, 6) is -0.465. The zero-order valence-corrected chi connectivity index (χ0v) is 16.0. The number of carbonyl (C=O) groups is 2. The summed E-state index contributed by atoms with van der Waals surface area (Å²) >= 11 is 7.47. The number of fused-ring (bicyclic) bond motifs is 1. The highest BCUT2D eigenvalue weighted by Gasteiger charge is 2.27. The van der Waals surface area contributed by atoms with E-state index in [1.54, 1.807) is 24.3 Å². The Kier molecular flexibility index (Phi) is 4.97.